The molecule has 1 amide bonds. The minimum Gasteiger partial charge on any atom is -0.340 e. The number of aromatic nitrogens is 4. The third kappa shape index (κ3) is 1.69. The third-order valence-corrected chi connectivity index (χ3v) is 1.84. The van der Waals surface area contributed by atoms with Gasteiger partial charge in [0.05, 0.1) is 6.33 Å². The standard InChI is InChI=1S/C9H9N5O/c1-5(2)9(15)14-8-6-7(11-3-10-6)12-4-13-8/h3-4H,1H2,2H3,(H2,10,11,12,13,14,15). The van der Waals surface area contributed by atoms with Crippen LogP contribution in [0.1, 0.15) is 6.92 Å². The smallest absolute Gasteiger partial charge is 0.251 e. The fourth-order valence-electron chi connectivity index (χ4n) is 1.07. The maximum atomic E-state index is 11.4. The molecule has 6 heteroatoms. The lowest BCUT2D eigenvalue weighted by Gasteiger charge is -2.03. The normalized spacial score (nSPS) is 10.2. The maximum absolute atomic E-state index is 11.4. The molecule has 0 unspecified atom stereocenters. The number of fused-ring (bicyclic) bond motifs is 1. The summed E-state index contributed by atoms with van der Waals surface area (Å²) in [7, 11) is 0. The van der Waals surface area contributed by atoms with Gasteiger partial charge in [-0.1, -0.05) is 6.58 Å². The molecule has 0 fully saturated rings. The molecule has 0 radical (unpaired) electrons. The Balaban J connectivity index is 2.39. The summed E-state index contributed by atoms with van der Waals surface area (Å²) >= 11 is 0. The first kappa shape index (κ1) is 9.32. The van der Waals surface area contributed by atoms with Crippen LogP contribution in [0.4, 0.5) is 5.82 Å². The predicted octanol–water partition coefficient (Wildman–Crippen LogP) is 0.867. The minimum atomic E-state index is -0.274. The Morgan fingerprint density at radius 1 is 1.47 bits per heavy atom. The lowest BCUT2D eigenvalue weighted by Crippen LogP contribution is -2.13. The van der Waals surface area contributed by atoms with Crippen LogP contribution in [0.5, 0.6) is 0 Å². The Labute approximate surface area is 85.5 Å². The van der Waals surface area contributed by atoms with E-state index < -0.39 is 0 Å². The first-order valence-electron chi connectivity index (χ1n) is 4.29. The van der Waals surface area contributed by atoms with E-state index in [4.69, 9.17) is 0 Å². The molecular weight excluding hydrogens is 194 g/mol. The van der Waals surface area contributed by atoms with Crippen molar-refractivity contribution in [3.05, 3.63) is 24.8 Å². The lowest BCUT2D eigenvalue weighted by atomic mass is 10.3. The molecule has 2 N–H and O–H groups in total. The molecule has 0 atom stereocenters. The van der Waals surface area contributed by atoms with Crippen LogP contribution < -0.4 is 5.32 Å². The van der Waals surface area contributed by atoms with E-state index in [1.165, 1.54) is 12.7 Å². The van der Waals surface area contributed by atoms with Crippen LogP contribution >= 0.6 is 0 Å². The van der Waals surface area contributed by atoms with Gasteiger partial charge in [-0.2, -0.15) is 0 Å². The summed E-state index contributed by atoms with van der Waals surface area (Å²) < 4.78 is 0. The highest BCUT2D eigenvalue weighted by atomic mass is 16.1. The number of hydrogen-bond acceptors (Lipinski definition) is 4. The van der Waals surface area contributed by atoms with Crippen molar-refractivity contribution in [2.24, 2.45) is 0 Å². The number of hydrogen-bond donors (Lipinski definition) is 2. The van der Waals surface area contributed by atoms with Gasteiger partial charge in [-0.05, 0) is 6.92 Å². The highest BCUT2D eigenvalue weighted by Gasteiger charge is 2.09. The average molecular weight is 203 g/mol. The molecule has 2 rings (SSSR count). The zero-order chi connectivity index (χ0) is 10.8. The van der Waals surface area contributed by atoms with Gasteiger partial charge in [0.25, 0.3) is 5.91 Å². The largest absolute Gasteiger partial charge is 0.340 e. The van der Waals surface area contributed by atoms with Crippen LogP contribution in [-0.2, 0) is 4.79 Å². The molecule has 0 saturated carbocycles. The Bertz CT molecular complexity index is 530. The van der Waals surface area contributed by atoms with Gasteiger partial charge in [0.15, 0.2) is 11.5 Å². The number of anilines is 1. The van der Waals surface area contributed by atoms with Crippen LogP contribution in [-0.4, -0.2) is 25.8 Å². The van der Waals surface area contributed by atoms with Gasteiger partial charge in [0, 0.05) is 5.57 Å². The summed E-state index contributed by atoms with van der Waals surface area (Å²) in [6.07, 6.45) is 2.84. The minimum absolute atomic E-state index is 0.274. The highest BCUT2D eigenvalue weighted by Crippen LogP contribution is 2.14. The zero-order valence-corrected chi connectivity index (χ0v) is 8.11. The van der Waals surface area contributed by atoms with E-state index in [2.05, 4.69) is 31.8 Å². The van der Waals surface area contributed by atoms with Crippen molar-refractivity contribution in [3.8, 4) is 0 Å². The van der Waals surface area contributed by atoms with Crippen molar-refractivity contribution in [1.82, 2.24) is 19.9 Å². The van der Waals surface area contributed by atoms with Crippen molar-refractivity contribution in [2.75, 3.05) is 5.32 Å². The van der Waals surface area contributed by atoms with Crippen molar-refractivity contribution >= 4 is 22.9 Å². The number of nitrogens with one attached hydrogen (secondary N) is 2. The molecule has 0 aliphatic carbocycles. The molecule has 0 aliphatic heterocycles. The van der Waals surface area contributed by atoms with Crippen LogP contribution in [0.2, 0.25) is 0 Å². The van der Waals surface area contributed by atoms with Crippen molar-refractivity contribution in [3.63, 3.8) is 0 Å². The van der Waals surface area contributed by atoms with Gasteiger partial charge in [0.1, 0.15) is 11.8 Å². The summed E-state index contributed by atoms with van der Waals surface area (Å²) in [5.41, 5.74) is 1.54. The lowest BCUT2D eigenvalue weighted by molar-refractivity contribution is -0.112. The van der Waals surface area contributed by atoms with E-state index in [-0.39, 0.29) is 5.91 Å². The molecule has 6 nitrogen and oxygen atoms in total. The molecular formula is C9H9N5O. The number of aromatic amines is 1. The van der Waals surface area contributed by atoms with Gasteiger partial charge < -0.3 is 10.3 Å². The van der Waals surface area contributed by atoms with Crippen LogP contribution in [0.25, 0.3) is 11.2 Å². The fraction of sp³-hybridized carbons (Fsp3) is 0.111. The van der Waals surface area contributed by atoms with Crippen LogP contribution in [0, 0.1) is 0 Å². The summed E-state index contributed by atoms with van der Waals surface area (Å²) in [6.45, 7) is 5.16. The predicted molar refractivity (Wildman–Crippen MR) is 55.1 cm³/mol. The zero-order valence-electron chi connectivity index (χ0n) is 8.11. The number of H-pyrrole nitrogens is 1. The first-order chi connectivity index (χ1) is 7.18. The molecule has 2 heterocycles. The molecule has 0 aromatic carbocycles. The number of rotatable bonds is 2. The second kappa shape index (κ2) is 3.49. The van der Waals surface area contributed by atoms with Crippen molar-refractivity contribution < 1.29 is 4.79 Å². The summed E-state index contributed by atoms with van der Waals surface area (Å²) in [5, 5.41) is 2.61. The molecule has 0 spiro atoms. The number of carbonyl (C=O) groups is 1. The van der Waals surface area contributed by atoms with E-state index in [1.807, 2.05) is 0 Å². The van der Waals surface area contributed by atoms with Gasteiger partial charge in [0.2, 0.25) is 0 Å². The summed E-state index contributed by atoms with van der Waals surface area (Å²) in [6, 6.07) is 0. The van der Waals surface area contributed by atoms with E-state index in [0.717, 1.165) is 0 Å². The Morgan fingerprint density at radius 2 is 2.27 bits per heavy atom. The van der Waals surface area contributed by atoms with Crippen molar-refractivity contribution in [1.29, 1.82) is 0 Å². The average Bonchev–Trinajstić information content (AvgIpc) is 2.66. The molecule has 0 bridgehead atoms. The van der Waals surface area contributed by atoms with Crippen LogP contribution in [0.3, 0.4) is 0 Å². The molecule has 0 aliphatic rings. The molecule has 0 saturated heterocycles. The maximum Gasteiger partial charge on any atom is 0.251 e. The Hall–Kier alpha value is -2.24. The second-order valence-electron chi connectivity index (χ2n) is 3.06. The van der Waals surface area contributed by atoms with Gasteiger partial charge in [-0.25, -0.2) is 15.0 Å². The first-order valence-corrected chi connectivity index (χ1v) is 4.29. The molecule has 2 aromatic rings. The Morgan fingerprint density at radius 3 is 3.00 bits per heavy atom. The van der Waals surface area contributed by atoms with E-state index >= 15 is 0 Å². The summed E-state index contributed by atoms with van der Waals surface area (Å²) in [4.78, 5) is 26.0. The summed E-state index contributed by atoms with van der Waals surface area (Å²) in [5.74, 6) is 0.134. The van der Waals surface area contributed by atoms with E-state index in [9.17, 15) is 4.79 Å². The fourth-order valence-corrected chi connectivity index (χ4v) is 1.07. The monoisotopic (exact) mass is 203 g/mol. The molecule has 2 aromatic heterocycles. The number of amides is 1. The van der Waals surface area contributed by atoms with Gasteiger partial charge in [-0.3, -0.25) is 4.79 Å². The SMILES string of the molecule is C=C(C)C(=O)Nc1ncnc2nc[nH]c12. The van der Waals surface area contributed by atoms with Crippen LogP contribution in [0.15, 0.2) is 24.8 Å². The topological polar surface area (TPSA) is 83.6 Å². The third-order valence-electron chi connectivity index (χ3n) is 1.84. The second-order valence-corrected chi connectivity index (χ2v) is 3.06. The number of nitrogens with zero attached hydrogens (tertiary/aromatic N) is 3. The molecule has 76 valence electrons. The molecule has 15 heavy (non-hydrogen) atoms. The highest BCUT2D eigenvalue weighted by molar-refractivity contribution is 6.05. The number of imidazole rings is 1. The van der Waals surface area contributed by atoms with E-state index in [1.54, 1.807) is 6.92 Å². The number of carbonyl (C=O) groups excluding carboxylic acids is 1. The quantitative estimate of drug-likeness (QED) is 0.709. The van der Waals surface area contributed by atoms with E-state index in [0.29, 0.717) is 22.6 Å². The van der Waals surface area contributed by atoms with Gasteiger partial charge in [-0.15, -0.1) is 0 Å². The Kier molecular flexibility index (Phi) is 2.17. The van der Waals surface area contributed by atoms with Crippen molar-refractivity contribution in [2.45, 2.75) is 6.92 Å². The van der Waals surface area contributed by atoms with Gasteiger partial charge >= 0.3 is 0 Å².